The van der Waals surface area contributed by atoms with Crippen molar-refractivity contribution < 1.29 is 0 Å². The topological polar surface area (TPSA) is 67.6 Å². The van der Waals surface area contributed by atoms with Crippen molar-refractivity contribution in [3.05, 3.63) is 17.7 Å². The van der Waals surface area contributed by atoms with Gasteiger partial charge in [0.2, 0.25) is 0 Å². The number of rotatable bonds is 2. The van der Waals surface area contributed by atoms with Crippen LogP contribution in [0.1, 0.15) is 39.2 Å². The summed E-state index contributed by atoms with van der Waals surface area (Å²) >= 11 is 0. The van der Waals surface area contributed by atoms with E-state index in [9.17, 15) is 0 Å². The molecule has 19 heavy (non-hydrogen) atoms. The smallest absolute Gasteiger partial charge is 0.0709 e. The van der Waals surface area contributed by atoms with E-state index in [-0.39, 0.29) is 5.54 Å². The molecule has 0 atom stereocenters. The monoisotopic (exact) mass is 260 g/mol. The van der Waals surface area contributed by atoms with Gasteiger partial charge in [-0.2, -0.15) is 0 Å². The third-order valence-electron chi connectivity index (χ3n) is 3.29. The van der Waals surface area contributed by atoms with Crippen LogP contribution >= 0.6 is 0 Å². The van der Waals surface area contributed by atoms with Crippen molar-refractivity contribution in [1.29, 1.82) is 0 Å². The zero-order valence-electron chi connectivity index (χ0n) is 12.1. The molecule has 1 fully saturated rings. The molecule has 4 N–H and O–H groups in total. The van der Waals surface area contributed by atoms with Gasteiger partial charge in [0.25, 0.3) is 0 Å². The van der Waals surface area contributed by atoms with Crippen LogP contribution in [0.5, 0.6) is 0 Å². The molecule has 0 spiro atoms. The molecule has 4 heteroatoms. The first-order valence-corrected chi connectivity index (χ1v) is 6.86. The third-order valence-corrected chi connectivity index (χ3v) is 3.29. The number of nitrogens with zero attached hydrogens (tertiary/aromatic N) is 2. The first kappa shape index (κ1) is 13.7. The van der Waals surface area contributed by atoms with Crippen molar-refractivity contribution in [1.82, 2.24) is 0 Å². The van der Waals surface area contributed by atoms with E-state index in [2.05, 4.69) is 30.7 Å². The molecule has 0 amide bonds. The maximum Gasteiger partial charge on any atom is 0.0709 e. The highest BCUT2D eigenvalue weighted by atomic mass is 15.2. The summed E-state index contributed by atoms with van der Waals surface area (Å²) in [5, 5.41) is 0. The Hall–Kier alpha value is -1.71. The van der Waals surface area contributed by atoms with Crippen LogP contribution in [0.15, 0.2) is 17.1 Å². The number of anilines is 3. The lowest BCUT2D eigenvalue weighted by molar-refractivity contribution is 0.586. The van der Waals surface area contributed by atoms with Crippen LogP contribution in [0.3, 0.4) is 0 Å². The second kappa shape index (κ2) is 5.11. The summed E-state index contributed by atoms with van der Waals surface area (Å²) in [7, 11) is 0. The third kappa shape index (κ3) is 3.19. The number of benzene rings is 1. The highest BCUT2D eigenvalue weighted by molar-refractivity contribution is 5.98. The maximum absolute atomic E-state index is 6.15. The first-order valence-electron chi connectivity index (χ1n) is 6.86. The normalized spacial score (nSPS) is 16.5. The molecule has 0 saturated carbocycles. The molecule has 1 saturated heterocycles. The van der Waals surface area contributed by atoms with Crippen LogP contribution in [0.4, 0.5) is 17.1 Å². The Labute approximate surface area is 115 Å². The van der Waals surface area contributed by atoms with Gasteiger partial charge in [0.05, 0.1) is 16.9 Å². The second-order valence-corrected chi connectivity index (χ2v) is 6.13. The van der Waals surface area contributed by atoms with E-state index < -0.39 is 0 Å². The van der Waals surface area contributed by atoms with Gasteiger partial charge in [-0.05, 0) is 45.7 Å². The highest BCUT2D eigenvalue weighted by Crippen LogP contribution is 2.33. The second-order valence-electron chi connectivity index (χ2n) is 6.13. The fourth-order valence-electron chi connectivity index (χ4n) is 2.33. The minimum atomic E-state index is -0.112. The first-order chi connectivity index (χ1) is 8.88. The Kier molecular flexibility index (Phi) is 3.69. The van der Waals surface area contributed by atoms with Crippen molar-refractivity contribution >= 4 is 23.3 Å². The minimum absolute atomic E-state index is 0.112. The van der Waals surface area contributed by atoms with Crippen molar-refractivity contribution in [3.8, 4) is 0 Å². The van der Waals surface area contributed by atoms with Crippen LogP contribution in [-0.4, -0.2) is 24.8 Å². The quantitative estimate of drug-likeness (QED) is 0.634. The molecule has 104 valence electrons. The number of hydrogen-bond acceptors (Lipinski definition) is 4. The SMILES string of the molecule is CC(C)(C)N=Cc1c(N)ccc(N)c1N1CCCC1. The number of nitrogen functional groups attached to an aromatic ring is 2. The molecule has 1 heterocycles. The predicted molar refractivity (Wildman–Crippen MR) is 84.1 cm³/mol. The molecule has 0 bridgehead atoms. The van der Waals surface area contributed by atoms with Crippen LogP contribution < -0.4 is 16.4 Å². The molecular weight excluding hydrogens is 236 g/mol. The van der Waals surface area contributed by atoms with Crippen molar-refractivity contribution in [3.63, 3.8) is 0 Å². The summed E-state index contributed by atoms with van der Waals surface area (Å²) in [5.41, 5.74) is 15.7. The predicted octanol–water partition coefficient (Wildman–Crippen LogP) is 2.67. The molecule has 1 aromatic carbocycles. The van der Waals surface area contributed by atoms with Gasteiger partial charge in [-0.3, -0.25) is 4.99 Å². The van der Waals surface area contributed by atoms with Gasteiger partial charge in [-0.15, -0.1) is 0 Å². The molecule has 1 aromatic rings. The zero-order chi connectivity index (χ0) is 14.0. The van der Waals surface area contributed by atoms with Crippen molar-refractivity contribution in [2.24, 2.45) is 4.99 Å². The Bertz CT molecular complexity index is 480. The lowest BCUT2D eigenvalue weighted by atomic mass is 10.1. The molecule has 0 aliphatic carbocycles. The largest absolute Gasteiger partial charge is 0.398 e. The summed E-state index contributed by atoms with van der Waals surface area (Å²) < 4.78 is 0. The van der Waals surface area contributed by atoms with E-state index in [1.54, 1.807) is 0 Å². The molecule has 1 aliphatic heterocycles. The van der Waals surface area contributed by atoms with Gasteiger partial charge in [0.15, 0.2) is 0 Å². The fraction of sp³-hybridized carbons (Fsp3) is 0.533. The number of aliphatic imine (C=N–C) groups is 1. The molecule has 0 unspecified atom stereocenters. The minimum Gasteiger partial charge on any atom is -0.398 e. The van der Waals surface area contributed by atoms with Crippen molar-refractivity contribution in [2.75, 3.05) is 29.5 Å². The molecule has 4 nitrogen and oxygen atoms in total. The zero-order valence-corrected chi connectivity index (χ0v) is 12.1. The molecule has 1 aliphatic rings. The number of hydrogen-bond donors (Lipinski definition) is 2. The Morgan fingerprint density at radius 1 is 1.11 bits per heavy atom. The Morgan fingerprint density at radius 3 is 2.26 bits per heavy atom. The van der Waals surface area contributed by atoms with Gasteiger partial charge in [0.1, 0.15) is 0 Å². The van der Waals surface area contributed by atoms with Gasteiger partial charge in [0, 0.05) is 30.6 Å². The van der Waals surface area contributed by atoms with E-state index in [0.717, 1.165) is 35.7 Å². The summed E-state index contributed by atoms with van der Waals surface area (Å²) in [6, 6.07) is 3.75. The fourth-order valence-corrected chi connectivity index (χ4v) is 2.33. The average molecular weight is 260 g/mol. The maximum atomic E-state index is 6.15. The molecule has 2 rings (SSSR count). The average Bonchev–Trinajstić information content (AvgIpc) is 2.82. The van der Waals surface area contributed by atoms with E-state index in [1.807, 2.05) is 18.3 Å². The molecule has 0 aromatic heterocycles. The van der Waals surface area contributed by atoms with Gasteiger partial charge >= 0.3 is 0 Å². The van der Waals surface area contributed by atoms with E-state index >= 15 is 0 Å². The van der Waals surface area contributed by atoms with Gasteiger partial charge < -0.3 is 16.4 Å². The van der Waals surface area contributed by atoms with Crippen molar-refractivity contribution in [2.45, 2.75) is 39.2 Å². The lowest BCUT2D eigenvalue weighted by Gasteiger charge is -2.23. The lowest BCUT2D eigenvalue weighted by Crippen LogP contribution is -2.22. The van der Waals surface area contributed by atoms with Crippen LogP contribution in [0, 0.1) is 0 Å². The van der Waals surface area contributed by atoms with Gasteiger partial charge in [-0.1, -0.05) is 0 Å². The van der Waals surface area contributed by atoms with Crippen LogP contribution in [0.25, 0.3) is 0 Å². The van der Waals surface area contributed by atoms with Gasteiger partial charge in [-0.25, -0.2) is 0 Å². The van der Waals surface area contributed by atoms with E-state index in [1.165, 1.54) is 12.8 Å². The summed E-state index contributed by atoms with van der Waals surface area (Å²) in [5.74, 6) is 0. The van der Waals surface area contributed by atoms with E-state index in [4.69, 9.17) is 11.5 Å². The molecular formula is C15H24N4. The highest BCUT2D eigenvalue weighted by Gasteiger charge is 2.19. The van der Waals surface area contributed by atoms with Crippen LogP contribution in [0.2, 0.25) is 0 Å². The Balaban J connectivity index is 2.45. The van der Waals surface area contributed by atoms with E-state index in [0.29, 0.717) is 0 Å². The molecule has 0 radical (unpaired) electrons. The summed E-state index contributed by atoms with van der Waals surface area (Å²) in [4.78, 5) is 6.89. The standard InChI is InChI=1S/C15H24N4/c1-15(2,3)18-10-11-12(16)6-7-13(17)14(11)19-8-4-5-9-19/h6-7,10H,4-5,8-9,16-17H2,1-3H3. The Morgan fingerprint density at radius 2 is 1.68 bits per heavy atom. The number of nitrogens with two attached hydrogens (primary N) is 2. The van der Waals surface area contributed by atoms with Crippen LogP contribution in [-0.2, 0) is 0 Å². The summed E-state index contributed by atoms with van der Waals surface area (Å²) in [6.07, 6.45) is 4.30. The summed E-state index contributed by atoms with van der Waals surface area (Å²) in [6.45, 7) is 8.30.